The summed E-state index contributed by atoms with van der Waals surface area (Å²) < 4.78 is 0. The number of fused-ring (bicyclic) bond motifs is 1. The second-order valence-corrected chi connectivity index (χ2v) is 7.99. The summed E-state index contributed by atoms with van der Waals surface area (Å²) >= 11 is 0. The lowest BCUT2D eigenvalue weighted by molar-refractivity contribution is 0.447. The zero-order valence-corrected chi connectivity index (χ0v) is 16.8. The summed E-state index contributed by atoms with van der Waals surface area (Å²) in [7, 11) is 0. The Hall–Kier alpha value is -2.75. The molecule has 1 aliphatic heterocycles. The van der Waals surface area contributed by atoms with Gasteiger partial charge >= 0.3 is 0 Å². The van der Waals surface area contributed by atoms with Crippen molar-refractivity contribution in [3.8, 4) is 0 Å². The third-order valence-corrected chi connectivity index (χ3v) is 5.77. The number of aromatic nitrogens is 1. The van der Waals surface area contributed by atoms with Gasteiger partial charge in [-0.1, -0.05) is 26.0 Å². The Bertz CT molecular complexity index is 1010. The molecule has 2 N–H and O–H groups in total. The number of pyridine rings is 1. The van der Waals surface area contributed by atoms with Crippen LogP contribution in [0.3, 0.4) is 0 Å². The predicted octanol–water partition coefficient (Wildman–Crippen LogP) is 4.94. The van der Waals surface area contributed by atoms with Crippen LogP contribution in [-0.4, -0.2) is 18.1 Å². The number of benzene rings is 2. The molecule has 0 spiro atoms. The second-order valence-electron chi connectivity index (χ2n) is 7.99. The molecule has 3 aromatic rings. The van der Waals surface area contributed by atoms with Crippen molar-refractivity contribution < 1.29 is 0 Å². The lowest BCUT2D eigenvalue weighted by atomic mass is 10.00. The standard InChI is InChI=1S/C24H29N3O/c1-3-18-6-7-19-14-20(24(28)26-23(19)13-18)15-25-21-8-10-22(11-9-21)27-12-4-5-17(2)16-27/h6-11,13-14,17,25H,3-5,12,15-16H2,1-2H3,(H,26,28)/t17-/m1/s1. The average molecular weight is 376 g/mol. The fourth-order valence-corrected chi connectivity index (χ4v) is 4.06. The van der Waals surface area contributed by atoms with Gasteiger partial charge in [0.1, 0.15) is 0 Å². The van der Waals surface area contributed by atoms with E-state index in [1.165, 1.54) is 24.1 Å². The maximum atomic E-state index is 12.4. The molecule has 1 aliphatic rings. The molecule has 1 saturated heterocycles. The first kappa shape index (κ1) is 18.6. The van der Waals surface area contributed by atoms with E-state index in [1.807, 2.05) is 6.07 Å². The van der Waals surface area contributed by atoms with Crippen molar-refractivity contribution >= 4 is 22.3 Å². The fraction of sp³-hybridized carbons (Fsp3) is 0.375. The molecule has 1 atom stereocenters. The number of piperidine rings is 1. The zero-order chi connectivity index (χ0) is 19.5. The number of aryl methyl sites for hydroxylation is 1. The monoisotopic (exact) mass is 375 g/mol. The Kier molecular flexibility index (Phi) is 5.38. The Morgan fingerprint density at radius 3 is 2.71 bits per heavy atom. The predicted molar refractivity (Wildman–Crippen MR) is 118 cm³/mol. The molecule has 0 radical (unpaired) electrons. The minimum Gasteiger partial charge on any atom is -0.381 e. The lowest BCUT2D eigenvalue weighted by Gasteiger charge is -2.32. The van der Waals surface area contributed by atoms with Crippen LogP contribution in [0, 0.1) is 5.92 Å². The maximum Gasteiger partial charge on any atom is 0.253 e. The molecule has 2 aromatic carbocycles. The fourth-order valence-electron chi connectivity index (χ4n) is 4.06. The van der Waals surface area contributed by atoms with Crippen molar-refractivity contribution in [2.24, 2.45) is 5.92 Å². The van der Waals surface area contributed by atoms with E-state index in [4.69, 9.17) is 0 Å². The zero-order valence-electron chi connectivity index (χ0n) is 16.8. The van der Waals surface area contributed by atoms with Crippen LogP contribution in [-0.2, 0) is 13.0 Å². The van der Waals surface area contributed by atoms with Crippen molar-refractivity contribution in [1.29, 1.82) is 0 Å². The molecule has 4 rings (SSSR count). The van der Waals surface area contributed by atoms with Gasteiger partial charge in [0.05, 0.1) is 0 Å². The van der Waals surface area contributed by atoms with E-state index in [9.17, 15) is 4.79 Å². The van der Waals surface area contributed by atoms with Crippen LogP contribution in [0.15, 0.2) is 53.3 Å². The van der Waals surface area contributed by atoms with E-state index in [0.717, 1.165) is 47.6 Å². The summed E-state index contributed by atoms with van der Waals surface area (Å²) in [5, 5.41) is 4.46. The molecule has 146 valence electrons. The van der Waals surface area contributed by atoms with Gasteiger partial charge < -0.3 is 15.2 Å². The van der Waals surface area contributed by atoms with Crippen molar-refractivity contribution in [3.63, 3.8) is 0 Å². The number of aromatic amines is 1. The van der Waals surface area contributed by atoms with E-state index < -0.39 is 0 Å². The number of hydrogen-bond acceptors (Lipinski definition) is 3. The van der Waals surface area contributed by atoms with Crippen molar-refractivity contribution in [1.82, 2.24) is 4.98 Å². The van der Waals surface area contributed by atoms with Crippen LogP contribution in [0.5, 0.6) is 0 Å². The van der Waals surface area contributed by atoms with E-state index >= 15 is 0 Å². The highest BCUT2D eigenvalue weighted by Gasteiger charge is 2.16. The summed E-state index contributed by atoms with van der Waals surface area (Å²) in [5.74, 6) is 0.764. The van der Waals surface area contributed by atoms with Crippen LogP contribution < -0.4 is 15.8 Å². The quantitative estimate of drug-likeness (QED) is 0.664. The van der Waals surface area contributed by atoms with Crippen LogP contribution in [0.4, 0.5) is 11.4 Å². The highest BCUT2D eigenvalue weighted by atomic mass is 16.1. The van der Waals surface area contributed by atoms with Gasteiger partial charge in [0.2, 0.25) is 0 Å². The Balaban J connectivity index is 1.45. The molecular formula is C24H29N3O. The molecule has 1 aromatic heterocycles. The van der Waals surface area contributed by atoms with Gasteiger partial charge in [0, 0.05) is 42.1 Å². The van der Waals surface area contributed by atoms with Crippen molar-refractivity contribution in [3.05, 3.63) is 70.0 Å². The number of hydrogen-bond donors (Lipinski definition) is 2. The summed E-state index contributed by atoms with van der Waals surface area (Å²) in [5.41, 5.74) is 5.20. The van der Waals surface area contributed by atoms with Gasteiger partial charge in [-0.15, -0.1) is 0 Å². The Morgan fingerprint density at radius 2 is 1.96 bits per heavy atom. The van der Waals surface area contributed by atoms with Gasteiger partial charge in [-0.2, -0.15) is 0 Å². The third kappa shape index (κ3) is 4.06. The first-order chi connectivity index (χ1) is 13.6. The summed E-state index contributed by atoms with van der Waals surface area (Å²) in [6.07, 6.45) is 3.56. The minimum atomic E-state index is -0.0211. The molecule has 0 saturated carbocycles. The van der Waals surface area contributed by atoms with E-state index in [2.05, 4.69) is 71.5 Å². The average Bonchev–Trinajstić information content (AvgIpc) is 2.72. The lowest BCUT2D eigenvalue weighted by Crippen LogP contribution is -2.34. The second kappa shape index (κ2) is 8.09. The molecule has 4 heteroatoms. The van der Waals surface area contributed by atoms with Crippen LogP contribution >= 0.6 is 0 Å². The number of H-pyrrole nitrogens is 1. The number of nitrogens with zero attached hydrogens (tertiary/aromatic N) is 1. The molecule has 0 bridgehead atoms. The first-order valence-corrected chi connectivity index (χ1v) is 10.4. The molecule has 28 heavy (non-hydrogen) atoms. The number of rotatable bonds is 5. The van der Waals surface area contributed by atoms with Crippen LogP contribution in [0.25, 0.3) is 10.9 Å². The molecule has 0 unspecified atom stereocenters. The normalized spacial score (nSPS) is 17.1. The molecule has 4 nitrogen and oxygen atoms in total. The Morgan fingerprint density at radius 1 is 1.14 bits per heavy atom. The molecule has 0 aliphatic carbocycles. The van der Waals surface area contributed by atoms with Gasteiger partial charge in [-0.05, 0) is 72.5 Å². The number of anilines is 2. The highest BCUT2D eigenvalue weighted by Crippen LogP contribution is 2.24. The van der Waals surface area contributed by atoms with E-state index in [1.54, 1.807) is 0 Å². The van der Waals surface area contributed by atoms with Gasteiger partial charge in [-0.25, -0.2) is 0 Å². The minimum absolute atomic E-state index is 0.0211. The van der Waals surface area contributed by atoms with Crippen molar-refractivity contribution in [2.75, 3.05) is 23.3 Å². The largest absolute Gasteiger partial charge is 0.381 e. The third-order valence-electron chi connectivity index (χ3n) is 5.77. The topological polar surface area (TPSA) is 48.1 Å². The van der Waals surface area contributed by atoms with Crippen LogP contribution in [0.1, 0.15) is 37.8 Å². The summed E-state index contributed by atoms with van der Waals surface area (Å²) in [4.78, 5) is 17.9. The SMILES string of the molecule is CCc1ccc2cc(CNc3ccc(N4CCC[C@@H](C)C4)cc3)c(=O)[nH]c2c1. The molecule has 1 fully saturated rings. The van der Waals surface area contributed by atoms with Gasteiger partial charge in [-0.3, -0.25) is 4.79 Å². The van der Waals surface area contributed by atoms with E-state index in [-0.39, 0.29) is 5.56 Å². The molecular weight excluding hydrogens is 346 g/mol. The van der Waals surface area contributed by atoms with Crippen molar-refractivity contribution in [2.45, 2.75) is 39.7 Å². The van der Waals surface area contributed by atoms with E-state index in [0.29, 0.717) is 6.54 Å². The molecule has 0 amide bonds. The van der Waals surface area contributed by atoms with Gasteiger partial charge in [0.25, 0.3) is 5.56 Å². The molecule has 2 heterocycles. The summed E-state index contributed by atoms with van der Waals surface area (Å²) in [6, 6.07) is 16.8. The summed E-state index contributed by atoms with van der Waals surface area (Å²) in [6.45, 7) is 7.24. The van der Waals surface area contributed by atoms with Crippen LogP contribution in [0.2, 0.25) is 0 Å². The smallest absolute Gasteiger partial charge is 0.253 e. The maximum absolute atomic E-state index is 12.4. The Labute approximate surface area is 166 Å². The highest BCUT2D eigenvalue weighted by molar-refractivity contribution is 5.79. The first-order valence-electron chi connectivity index (χ1n) is 10.4. The number of nitrogens with one attached hydrogen (secondary N) is 2. The van der Waals surface area contributed by atoms with Gasteiger partial charge in [0.15, 0.2) is 0 Å².